The van der Waals surface area contributed by atoms with Crippen LogP contribution in [0.5, 0.6) is 0 Å². The number of furan rings is 1. The van der Waals surface area contributed by atoms with Crippen molar-refractivity contribution in [3.63, 3.8) is 0 Å². The molecular formula is C6H7NO3. The zero-order chi connectivity index (χ0) is 7.56. The van der Waals surface area contributed by atoms with Crippen molar-refractivity contribution in [3.05, 3.63) is 18.1 Å². The maximum Gasteiger partial charge on any atom is 0.409 e. The lowest BCUT2D eigenvalue weighted by Crippen LogP contribution is -2.06. The third-order valence-electron chi connectivity index (χ3n) is 1.10. The topological polar surface area (TPSA) is 62.5 Å². The number of amides is 1. The highest BCUT2D eigenvalue weighted by atomic mass is 16.4. The molecule has 0 saturated heterocycles. The molecule has 0 saturated carbocycles. The fourth-order valence-corrected chi connectivity index (χ4v) is 0.604. The van der Waals surface area contributed by atoms with E-state index in [9.17, 15) is 4.79 Å². The van der Waals surface area contributed by atoms with Gasteiger partial charge in [-0.15, -0.1) is 0 Å². The van der Waals surface area contributed by atoms with Gasteiger partial charge in [0.15, 0.2) is 0 Å². The summed E-state index contributed by atoms with van der Waals surface area (Å²) in [5.74, 6) is 0. The molecule has 1 heterocycles. The molecule has 1 amide bonds. The molecule has 0 aliphatic heterocycles. The lowest BCUT2D eigenvalue weighted by Gasteiger charge is -1.94. The molecule has 1 aromatic heterocycles. The first-order valence-corrected chi connectivity index (χ1v) is 2.73. The minimum absolute atomic E-state index is 0.493. The van der Waals surface area contributed by atoms with Crippen molar-refractivity contribution in [1.82, 2.24) is 0 Å². The molecule has 0 unspecified atom stereocenters. The average Bonchev–Trinajstić information content (AvgIpc) is 2.15. The summed E-state index contributed by atoms with van der Waals surface area (Å²) in [5.41, 5.74) is 1.27. The Balaban J connectivity index is 2.74. The van der Waals surface area contributed by atoms with Gasteiger partial charge >= 0.3 is 6.09 Å². The Hall–Kier alpha value is -1.45. The second-order valence-electron chi connectivity index (χ2n) is 1.90. The molecule has 0 aromatic carbocycles. The van der Waals surface area contributed by atoms with Gasteiger partial charge in [-0.3, -0.25) is 5.32 Å². The second-order valence-corrected chi connectivity index (χ2v) is 1.90. The summed E-state index contributed by atoms with van der Waals surface area (Å²) in [4.78, 5) is 10.1. The Morgan fingerprint density at radius 2 is 2.40 bits per heavy atom. The van der Waals surface area contributed by atoms with Crippen LogP contribution in [0.15, 0.2) is 16.9 Å². The summed E-state index contributed by atoms with van der Waals surface area (Å²) in [6.45, 7) is 1.76. The van der Waals surface area contributed by atoms with Crippen LogP contribution >= 0.6 is 0 Å². The normalized spacial score (nSPS) is 9.30. The maximum atomic E-state index is 10.1. The van der Waals surface area contributed by atoms with Gasteiger partial charge in [-0.25, -0.2) is 4.79 Å². The zero-order valence-electron chi connectivity index (χ0n) is 5.42. The minimum atomic E-state index is -1.08. The number of nitrogens with one attached hydrogen (secondary N) is 1. The van der Waals surface area contributed by atoms with Crippen LogP contribution in [0.3, 0.4) is 0 Å². The van der Waals surface area contributed by atoms with E-state index in [2.05, 4.69) is 5.32 Å². The van der Waals surface area contributed by atoms with E-state index in [0.717, 1.165) is 5.56 Å². The minimum Gasteiger partial charge on any atom is -0.470 e. The van der Waals surface area contributed by atoms with E-state index in [1.54, 1.807) is 6.92 Å². The summed E-state index contributed by atoms with van der Waals surface area (Å²) < 4.78 is 4.72. The molecule has 0 radical (unpaired) electrons. The third kappa shape index (κ3) is 1.28. The van der Waals surface area contributed by atoms with Crippen LogP contribution in [-0.2, 0) is 0 Å². The Bertz CT molecular complexity index is 241. The van der Waals surface area contributed by atoms with E-state index in [0.29, 0.717) is 5.69 Å². The lowest BCUT2D eigenvalue weighted by molar-refractivity contribution is 0.209. The van der Waals surface area contributed by atoms with Gasteiger partial charge in [0, 0.05) is 5.56 Å². The molecule has 0 atom stereocenters. The number of aryl methyl sites for hydroxylation is 1. The van der Waals surface area contributed by atoms with E-state index in [1.807, 2.05) is 0 Å². The van der Waals surface area contributed by atoms with Crippen LogP contribution < -0.4 is 5.32 Å². The Kier molecular flexibility index (Phi) is 1.62. The fourth-order valence-electron chi connectivity index (χ4n) is 0.604. The number of hydrogen-bond donors (Lipinski definition) is 2. The highest BCUT2D eigenvalue weighted by Crippen LogP contribution is 2.14. The molecular weight excluding hydrogens is 134 g/mol. The van der Waals surface area contributed by atoms with Crippen molar-refractivity contribution in [1.29, 1.82) is 0 Å². The van der Waals surface area contributed by atoms with E-state index in [4.69, 9.17) is 9.52 Å². The Labute approximate surface area is 57.5 Å². The van der Waals surface area contributed by atoms with Crippen LogP contribution in [0.1, 0.15) is 5.56 Å². The maximum absolute atomic E-state index is 10.1. The van der Waals surface area contributed by atoms with E-state index in [-0.39, 0.29) is 0 Å². The van der Waals surface area contributed by atoms with Crippen molar-refractivity contribution >= 4 is 11.8 Å². The van der Waals surface area contributed by atoms with Crippen molar-refractivity contribution in [2.45, 2.75) is 6.92 Å². The van der Waals surface area contributed by atoms with Gasteiger partial charge in [0.25, 0.3) is 0 Å². The van der Waals surface area contributed by atoms with Crippen LogP contribution in [-0.4, -0.2) is 11.2 Å². The molecule has 0 fully saturated rings. The van der Waals surface area contributed by atoms with Gasteiger partial charge < -0.3 is 9.52 Å². The molecule has 0 aliphatic carbocycles. The average molecular weight is 141 g/mol. The second kappa shape index (κ2) is 2.43. The number of anilines is 1. The third-order valence-corrected chi connectivity index (χ3v) is 1.10. The molecule has 0 bridgehead atoms. The molecule has 1 rings (SSSR count). The van der Waals surface area contributed by atoms with Crippen molar-refractivity contribution in [2.24, 2.45) is 0 Å². The van der Waals surface area contributed by atoms with Gasteiger partial charge in [-0.2, -0.15) is 0 Å². The molecule has 4 nitrogen and oxygen atoms in total. The number of carbonyl (C=O) groups is 1. The lowest BCUT2D eigenvalue weighted by atomic mass is 10.3. The highest BCUT2D eigenvalue weighted by Gasteiger charge is 2.02. The summed E-state index contributed by atoms with van der Waals surface area (Å²) in [5, 5.41) is 10.4. The van der Waals surface area contributed by atoms with E-state index >= 15 is 0 Å². The molecule has 0 aliphatic rings. The standard InChI is InChI=1S/C6H7NO3/c1-4-2-10-3-5(4)7-6(8)9/h2-3,7H,1H3,(H,8,9). The van der Waals surface area contributed by atoms with E-state index < -0.39 is 6.09 Å². The van der Waals surface area contributed by atoms with Crippen LogP contribution in [0.4, 0.5) is 10.5 Å². The van der Waals surface area contributed by atoms with E-state index in [1.165, 1.54) is 12.5 Å². The smallest absolute Gasteiger partial charge is 0.409 e. The molecule has 54 valence electrons. The quantitative estimate of drug-likeness (QED) is 0.625. The predicted molar refractivity (Wildman–Crippen MR) is 35.1 cm³/mol. The Morgan fingerprint density at radius 3 is 2.80 bits per heavy atom. The predicted octanol–water partition coefficient (Wildman–Crippen LogP) is 1.68. The molecule has 10 heavy (non-hydrogen) atoms. The monoisotopic (exact) mass is 141 g/mol. The first-order valence-electron chi connectivity index (χ1n) is 2.73. The molecule has 0 spiro atoms. The molecule has 1 aromatic rings. The number of rotatable bonds is 1. The highest BCUT2D eigenvalue weighted by molar-refractivity contribution is 5.83. The molecule has 4 heteroatoms. The molecule has 2 N–H and O–H groups in total. The number of carboxylic acid groups (broad SMARTS) is 1. The Morgan fingerprint density at radius 1 is 1.70 bits per heavy atom. The zero-order valence-corrected chi connectivity index (χ0v) is 5.42. The largest absolute Gasteiger partial charge is 0.470 e. The van der Waals surface area contributed by atoms with Crippen molar-refractivity contribution in [2.75, 3.05) is 5.32 Å². The van der Waals surface area contributed by atoms with Gasteiger partial charge in [-0.05, 0) is 6.92 Å². The van der Waals surface area contributed by atoms with Gasteiger partial charge in [0.05, 0.1) is 12.0 Å². The summed E-state index contributed by atoms with van der Waals surface area (Å²) in [6, 6.07) is 0. The van der Waals surface area contributed by atoms with Crippen molar-refractivity contribution < 1.29 is 14.3 Å². The van der Waals surface area contributed by atoms with Crippen LogP contribution in [0.25, 0.3) is 0 Å². The van der Waals surface area contributed by atoms with Gasteiger partial charge in [0.1, 0.15) is 6.26 Å². The SMILES string of the molecule is Cc1cocc1NC(=O)O. The fraction of sp³-hybridized carbons (Fsp3) is 0.167. The van der Waals surface area contributed by atoms with Crippen LogP contribution in [0.2, 0.25) is 0 Å². The summed E-state index contributed by atoms with van der Waals surface area (Å²) in [6.07, 6.45) is 1.75. The summed E-state index contributed by atoms with van der Waals surface area (Å²) >= 11 is 0. The first kappa shape index (κ1) is 6.67. The van der Waals surface area contributed by atoms with Crippen molar-refractivity contribution in [3.8, 4) is 0 Å². The number of hydrogen-bond acceptors (Lipinski definition) is 2. The van der Waals surface area contributed by atoms with Crippen LogP contribution in [0, 0.1) is 6.92 Å². The van der Waals surface area contributed by atoms with Gasteiger partial charge in [-0.1, -0.05) is 0 Å². The van der Waals surface area contributed by atoms with Gasteiger partial charge in [0.2, 0.25) is 0 Å². The summed E-state index contributed by atoms with van der Waals surface area (Å²) in [7, 11) is 0. The first-order chi connectivity index (χ1) is 4.70.